The molecule has 1 aliphatic heterocycles. The highest BCUT2D eigenvalue weighted by Gasteiger charge is 2.28. The average molecular weight is 372 g/mol. The van der Waals surface area contributed by atoms with Crippen molar-refractivity contribution in [2.45, 2.75) is 26.8 Å². The largest absolute Gasteiger partial charge is 0.493 e. The van der Waals surface area contributed by atoms with E-state index in [0.29, 0.717) is 47.1 Å². The number of ether oxygens (including phenoxy) is 3. The molecule has 3 rings (SSSR count). The van der Waals surface area contributed by atoms with Crippen LogP contribution in [0.2, 0.25) is 0 Å². The van der Waals surface area contributed by atoms with Gasteiger partial charge in [0.25, 0.3) is 5.91 Å². The molecule has 1 aromatic carbocycles. The lowest BCUT2D eigenvalue weighted by atomic mass is 9.98. The zero-order valence-electron chi connectivity index (χ0n) is 16.3. The summed E-state index contributed by atoms with van der Waals surface area (Å²) in [4.78, 5) is 29.9. The van der Waals surface area contributed by atoms with Crippen molar-refractivity contribution in [2.75, 3.05) is 27.9 Å². The lowest BCUT2D eigenvalue weighted by Crippen LogP contribution is -2.36. The molecular formula is C20H24N2O5. The van der Waals surface area contributed by atoms with Gasteiger partial charge in [0.1, 0.15) is 5.69 Å². The molecule has 144 valence electrons. The smallest absolute Gasteiger partial charge is 0.339 e. The first kappa shape index (κ1) is 18.8. The number of amides is 1. The molecule has 0 saturated heterocycles. The molecule has 2 heterocycles. The fourth-order valence-corrected chi connectivity index (χ4v) is 3.59. The normalized spacial score (nSPS) is 13.1. The highest BCUT2D eigenvalue weighted by Crippen LogP contribution is 2.33. The summed E-state index contributed by atoms with van der Waals surface area (Å²) in [6.45, 7) is 4.58. The summed E-state index contributed by atoms with van der Waals surface area (Å²) in [6, 6.07) is 3.88. The van der Waals surface area contributed by atoms with Crippen LogP contribution in [0.1, 0.15) is 43.2 Å². The number of methoxy groups -OCH3 is 3. The lowest BCUT2D eigenvalue weighted by molar-refractivity contribution is 0.0599. The fourth-order valence-electron chi connectivity index (χ4n) is 3.59. The minimum Gasteiger partial charge on any atom is -0.493 e. The van der Waals surface area contributed by atoms with Crippen LogP contribution < -0.4 is 9.47 Å². The molecule has 0 radical (unpaired) electrons. The number of esters is 1. The molecule has 1 aromatic heterocycles. The first-order valence-corrected chi connectivity index (χ1v) is 8.71. The van der Waals surface area contributed by atoms with Crippen LogP contribution in [0.5, 0.6) is 11.5 Å². The van der Waals surface area contributed by atoms with Crippen molar-refractivity contribution in [1.82, 2.24) is 9.88 Å². The molecule has 27 heavy (non-hydrogen) atoms. The molecular weight excluding hydrogens is 348 g/mol. The van der Waals surface area contributed by atoms with E-state index < -0.39 is 5.97 Å². The molecule has 1 N–H and O–H groups in total. The van der Waals surface area contributed by atoms with Crippen LogP contribution in [0.3, 0.4) is 0 Å². The van der Waals surface area contributed by atoms with E-state index in [1.807, 2.05) is 12.1 Å². The number of hydrogen-bond acceptors (Lipinski definition) is 5. The molecule has 0 aliphatic carbocycles. The Hall–Kier alpha value is -2.96. The zero-order chi connectivity index (χ0) is 19.7. The van der Waals surface area contributed by atoms with Gasteiger partial charge in [-0.1, -0.05) is 0 Å². The van der Waals surface area contributed by atoms with Gasteiger partial charge < -0.3 is 24.1 Å². The number of aryl methyl sites for hydroxylation is 1. The summed E-state index contributed by atoms with van der Waals surface area (Å²) in [5, 5.41) is 0. The van der Waals surface area contributed by atoms with E-state index >= 15 is 0 Å². The summed E-state index contributed by atoms with van der Waals surface area (Å²) >= 11 is 0. The van der Waals surface area contributed by atoms with Crippen molar-refractivity contribution < 1.29 is 23.8 Å². The number of aromatic amines is 1. The Morgan fingerprint density at radius 3 is 2.26 bits per heavy atom. The molecule has 0 fully saturated rings. The predicted molar refractivity (Wildman–Crippen MR) is 99.6 cm³/mol. The van der Waals surface area contributed by atoms with Crippen LogP contribution >= 0.6 is 0 Å². The van der Waals surface area contributed by atoms with Gasteiger partial charge in [-0.2, -0.15) is 0 Å². The summed E-state index contributed by atoms with van der Waals surface area (Å²) in [5.74, 6) is 0.757. The fraction of sp³-hybridized carbons (Fsp3) is 0.400. The van der Waals surface area contributed by atoms with Crippen LogP contribution in [0.15, 0.2) is 12.1 Å². The third kappa shape index (κ3) is 3.25. The quantitative estimate of drug-likeness (QED) is 0.835. The molecule has 0 unspecified atom stereocenters. The van der Waals surface area contributed by atoms with Crippen LogP contribution in [0, 0.1) is 13.8 Å². The topological polar surface area (TPSA) is 80.9 Å². The highest BCUT2D eigenvalue weighted by molar-refractivity contribution is 6.00. The molecule has 0 atom stereocenters. The monoisotopic (exact) mass is 372 g/mol. The van der Waals surface area contributed by atoms with Crippen molar-refractivity contribution >= 4 is 11.9 Å². The third-order valence-electron chi connectivity index (χ3n) is 5.05. The SMILES string of the molecule is COC(=O)c1c(C)[nH]c(C(=O)N2CCc3cc(OC)c(OC)cc3C2)c1C. The Morgan fingerprint density at radius 2 is 1.67 bits per heavy atom. The minimum atomic E-state index is -0.443. The van der Waals surface area contributed by atoms with Crippen molar-refractivity contribution in [1.29, 1.82) is 0 Å². The van der Waals surface area contributed by atoms with Gasteiger partial charge in [-0.3, -0.25) is 4.79 Å². The Kier molecular flexibility index (Phi) is 5.12. The van der Waals surface area contributed by atoms with E-state index in [1.165, 1.54) is 7.11 Å². The number of benzene rings is 1. The summed E-state index contributed by atoms with van der Waals surface area (Å²) in [5.41, 5.74) is 4.27. The van der Waals surface area contributed by atoms with Crippen molar-refractivity contribution in [2.24, 2.45) is 0 Å². The van der Waals surface area contributed by atoms with Crippen LogP contribution in [0.4, 0.5) is 0 Å². The number of nitrogens with zero attached hydrogens (tertiary/aromatic N) is 1. The van der Waals surface area contributed by atoms with E-state index in [4.69, 9.17) is 14.2 Å². The maximum absolute atomic E-state index is 13.1. The Labute approximate surface area is 158 Å². The standard InChI is InChI=1S/C20H24N2O5/c1-11-17(20(24)27-5)12(2)21-18(11)19(23)22-7-6-13-8-15(25-3)16(26-4)9-14(13)10-22/h8-9,21H,6-7,10H2,1-5H3. The number of H-pyrrole nitrogens is 1. The average Bonchev–Trinajstić information content (AvgIpc) is 2.99. The van der Waals surface area contributed by atoms with Crippen molar-refractivity contribution in [3.05, 3.63) is 45.8 Å². The molecule has 7 nitrogen and oxygen atoms in total. The second kappa shape index (κ2) is 7.34. The number of fused-ring (bicyclic) bond motifs is 1. The Morgan fingerprint density at radius 1 is 1.04 bits per heavy atom. The predicted octanol–water partition coefficient (Wildman–Crippen LogP) is 2.63. The first-order chi connectivity index (χ1) is 12.9. The number of nitrogens with one attached hydrogen (secondary N) is 1. The van der Waals surface area contributed by atoms with E-state index in [9.17, 15) is 9.59 Å². The van der Waals surface area contributed by atoms with E-state index in [2.05, 4.69) is 4.98 Å². The van der Waals surface area contributed by atoms with Crippen LogP contribution in [-0.2, 0) is 17.7 Å². The zero-order valence-corrected chi connectivity index (χ0v) is 16.3. The Bertz CT molecular complexity index is 900. The molecule has 0 spiro atoms. The summed E-state index contributed by atoms with van der Waals surface area (Å²) in [6.07, 6.45) is 0.726. The van der Waals surface area contributed by atoms with Crippen LogP contribution in [-0.4, -0.2) is 49.6 Å². The molecule has 1 aliphatic rings. The third-order valence-corrected chi connectivity index (χ3v) is 5.05. The molecule has 1 amide bonds. The Balaban J connectivity index is 1.89. The van der Waals surface area contributed by atoms with E-state index in [0.717, 1.165) is 17.5 Å². The van der Waals surface area contributed by atoms with Gasteiger partial charge in [-0.05, 0) is 49.1 Å². The molecule has 0 saturated carbocycles. The second-order valence-corrected chi connectivity index (χ2v) is 6.57. The molecule has 7 heteroatoms. The maximum atomic E-state index is 13.1. The van der Waals surface area contributed by atoms with Crippen LogP contribution in [0.25, 0.3) is 0 Å². The number of carbonyl (C=O) groups is 2. The van der Waals surface area contributed by atoms with Gasteiger partial charge in [0.2, 0.25) is 0 Å². The summed E-state index contributed by atoms with van der Waals surface area (Å²) in [7, 11) is 4.53. The number of rotatable bonds is 4. The number of carbonyl (C=O) groups excluding carboxylic acids is 2. The first-order valence-electron chi connectivity index (χ1n) is 8.71. The van der Waals surface area contributed by atoms with Gasteiger partial charge >= 0.3 is 5.97 Å². The van der Waals surface area contributed by atoms with Gasteiger partial charge in [0, 0.05) is 18.8 Å². The van der Waals surface area contributed by atoms with Gasteiger partial charge in [0.05, 0.1) is 26.9 Å². The molecule has 0 bridgehead atoms. The minimum absolute atomic E-state index is 0.133. The lowest BCUT2D eigenvalue weighted by Gasteiger charge is -2.29. The molecule has 2 aromatic rings. The van der Waals surface area contributed by atoms with Gasteiger partial charge in [0.15, 0.2) is 11.5 Å². The second-order valence-electron chi connectivity index (χ2n) is 6.57. The summed E-state index contributed by atoms with van der Waals surface area (Å²) < 4.78 is 15.6. The highest BCUT2D eigenvalue weighted by atomic mass is 16.5. The van der Waals surface area contributed by atoms with E-state index in [-0.39, 0.29) is 5.91 Å². The number of aromatic nitrogens is 1. The maximum Gasteiger partial charge on any atom is 0.339 e. The van der Waals surface area contributed by atoms with E-state index in [1.54, 1.807) is 33.0 Å². The van der Waals surface area contributed by atoms with Gasteiger partial charge in [-0.25, -0.2) is 4.79 Å². The van der Waals surface area contributed by atoms with Crippen molar-refractivity contribution in [3.63, 3.8) is 0 Å². The van der Waals surface area contributed by atoms with Crippen molar-refractivity contribution in [3.8, 4) is 11.5 Å². The van der Waals surface area contributed by atoms with Gasteiger partial charge in [-0.15, -0.1) is 0 Å². The number of hydrogen-bond donors (Lipinski definition) is 1.